The monoisotopic (exact) mass is 283 g/mol. The zero-order valence-corrected chi connectivity index (χ0v) is 11.3. The minimum atomic E-state index is 0. The summed E-state index contributed by atoms with van der Waals surface area (Å²) < 4.78 is 5.24. The molecule has 1 saturated heterocycles. The minimum Gasteiger partial charge on any atom is -0.378 e. The number of ether oxygens (including phenoxy) is 1. The molecule has 7 heteroatoms. The van der Waals surface area contributed by atoms with Gasteiger partial charge in [-0.25, -0.2) is 4.99 Å². The third-order valence-corrected chi connectivity index (χ3v) is 2.56. The third kappa shape index (κ3) is 4.76. The highest BCUT2D eigenvalue weighted by atomic mass is 35.5. The molecule has 0 bridgehead atoms. The Hall–Kier alpha value is -1.79. The molecule has 0 amide bonds. The third-order valence-electron chi connectivity index (χ3n) is 2.56. The first kappa shape index (κ1) is 15.3. The number of benzene rings is 1. The Bertz CT molecular complexity index is 443. The molecular weight excluding hydrogens is 266 g/mol. The van der Waals surface area contributed by atoms with Gasteiger partial charge in [0.25, 0.3) is 0 Å². The predicted molar refractivity (Wildman–Crippen MR) is 79.0 cm³/mol. The van der Waals surface area contributed by atoms with Crippen molar-refractivity contribution in [3.05, 3.63) is 30.3 Å². The molecule has 1 aliphatic heterocycles. The van der Waals surface area contributed by atoms with E-state index in [-0.39, 0.29) is 18.4 Å². The topological polar surface area (TPSA) is 89.2 Å². The summed E-state index contributed by atoms with van der Waals surface area (Å²) in [6.45, 7) is 2.78. The zero-order valence-electron chi connectivity index (χ0n) is 10.5. The van der Waals surface area contributed by atoms with Crippen molar-refractivity contribution < 1.29 is 4.74 Å². The first-order valence-electron chi connectivity index (χ1n) is 5.82. The van der Waals surface area contributed by atoms with Gasteiger partial charge in [-0.3, -0.25) is 0 Å². The van der Waals surface area contributed by atoms with Crippen molar-refractivity contribution in [2.45, 2.75) is 0 Å². The molecule has 0 atom stereocenters. The predicted octanol–water partition coefficient (Wildman–Crippen LogP) is 0.701. The van der Waals surface area contributed by atoms with E-state index in [2.05, 4.69) is 9.98 Å². The second kappa shape index (κ2) is 7.60. The highest BCUT2D eigenvalue weighted by Gasteiger charge is 2.12. The lowest BCUT2D eigenvalue weighted by Crippen LogP contribution is -2.45. The van der Waals surface area contributed by atoms with Crippen LogP contribution in [0.2, 0.25) is 0 Å². The van der Waals surface area contributed by atoms with Crippen molar-refractivity contribution in [1.82, 2.24) is 4.90 Å². The minimum absolute atomic E-state index is 0. The van der Waals surface area contributed by atoms with Gasteiger partial charge in [0.1, 0.15) is 0 Å². The van der Waals surface area contributed by atoms with E-state index in [0.717, 1.165) is 18.8 Å². The van der Waals surface area contributed by atoms with E-state index < -0.39 is 0 Å². The maximum atomic E-state index is 5.86. The molecule has 0 radical (unpaired) electrons. The summed E-state index contributed by atoms with van der Waals surface area (Å²) in [4.78, 5) is 10.2. The number of morpholine rings is 1. The largest absolute Gasteiger partial charge is 0.378 e. The van der Waals surface area contributed by atoms with E-state index in [4.69, 9.17) is 16.2 Å². The lowest BCUT2D eigenvalue weighted by atomic mass is 10.3. The molecule has 1 aliphatic rings. The van der Waals surface area contributed by atoms with Crippen LogP contribution < -0.4 is 11.5 Å². The number of hydrogen-bond acceptors (Lipinski definition) is 2. The summed E-state index contributed by atoms with van der Waals surface area (Å²) in [6.07, 6.45) is 0. The molecular formula is C12H18ClN5O. The molecule has 1 heterocycles. The molecule has 19 heavy (non-hydrogen) atoms. The molecule has 0 unspecified atom stereocenters. The number of aliphatic imine (C=N–C) groups is 2. The van der Waals surface area contributed by atoms with E-state index in [1.807, 2.05) is 35.2 Å². The summed E-state index contributed by atoms with van der Waals surface area (Å²) in [5, 5.41) is 0. The van der Waals surface area contributed by atoms with Crippen LogP contribution in [0, 0.1) is 0 Å². The standard InChI is InChI=1S/C12H17N5O.ClH/c13-11(15-10-4-2-1-3-5-10)16-12(14)17-6-8-18-9-7-17;/h1-5H,6-9H2,(H4,13,14,15,16);1H. The lowest BCUT2D eigenvalue weighted by molar-refractivity contribution is 0.0676. The number of guanidine groups is 2. The van der Waals surface area contributed by atoms with E-state index >= 15 is 0 Å². The lowest BCUT2D eigenvalue weighted by Gasteiger charge is -2.27. The Kier molecular flexibility index (Phi) is 6.11. The first-order valence-corrected chi connectivity index (χ1v) is 5.82. The van der Waals surface area contributed by atoms with E-state index in [1.54, 1.807) is 0 Å². The van der Waals surface area contributed by atoms with Gasteiger partial charge in [0.2, 0.25) is 5.96 Å². The Morgan fingerprint density at radius 1 is 1.11 bits per heavy atom. The number of hydrogen-bond donors (Lipinski definition) is 2. The van der Waals surface area contributed by atoms with Crippen LogP contribution in [0.5, 0.6) is 0 Å². The van der Waals surface area contributed by atoms with Crippen LogP contribution in [0.4, 0.5) is 5.69 Å². The number of nitrogens with zero attached hydrogens (tertiary/aromatic N) is 3. The fourth-order valence-electron chi connectivity index (χ4n) is 1.64. The Balaban J connectivity index is 0.00000180. The normalized spacial score (nSPS) is 16.9. The van der Waals surface area contributed by atoms with Gasteiger partial charge in [0.15, 0.2) is 5.96 Å². The Labute approximate surface area is 118 Å². The molecule has 0 saturated carbocycles. The summed E-state index contributed by atoms with van der Waals surface area (Å²) >= 11 is 0. The van der Waals surface area contributed by atoms with Crippen LogP contribution in [0.25, 0.3) is 0 Å². The molecule has 2 rings (SSSR count). The Morgan fingerprint density at radius 3 is 2.37 bits per heavy atom. The number of rotatable bonds is 1. The van der Waals surface area contributed by atoms with Crippen molar-refractivity contribution in [2.75, 3.05) is 26.3 Å². The van der Waals surface area contributed by atoms with Gasteiger partial charge >= 0.3 is 0 Å². The second-order valence-corrected chi connectivity index (χ2v) is 3.87. The van der Waals surface area contributed by atoms with Crippen LogP contribution in [-0.4, -0.2) is 43.1 Å². The van der Waals surface area contributed by atoms with Crippen molar-refractivity contribution in [3.63, 3.8) is 0 Å². The molecule has 104 valence electrons. The number of halogens is 1. The van der Waals surface area contributed by atoms with Gasteiger partial charge in [0, 0.05) is 13.1 Å². The highest BCUT2D eigenvalue weighted by molar-refractivity contribution is 5.94. The molecule has 0 aliphatic carbocycles. The SMILES string of the molecule is Cl.NC(=Nc1ccccc1)/N=C(\N)N1CCOCC1. The van der Waals surface area contributed by atoms with Crippen molar-refractivity contribution in [1.29, 1.82) is 0 Å². The van der Waals surface area contributed by atoms with E-state index in [0.29, 0.717) is 19.2 Å². The average Bonchev–Trinajstić information content (AvgIpc) is 2.40. The molecule has 1 fully saturated rings. The average molecular weight is 284 g/mol. The summed E-state index contributed by atoms with van der Waals surface area (Å²) in [5.74, 6) is 0.542. The second-order valence-electron chi connectivity index (χ2n) is 3.87. The zero-order chi connectivity index (χ0) is 12.8. The van der Waals surface area contributed by atoms with Crippen LogP contribution in [0.1, 0.15) is 0 Å². The van der Waals surface area contributed by atoms with E-state index in [1.165, 1.54) is 0 Å². The van der Waals surface area contributed by atoms with Crippen LogP contribution in [0.3, 0.4) is 0 Å². The maximum absolute atomic E-state index is 5.86. The fourth-order valence-corrected chi connectivity index (χ4v) is 1.64. The van der Waals surface area contributed by atoms with Gasteiger partial charge in [-0.15, -0.1) is 12.4 Å². The molecule has 1 aromatic rings. The van der Waals surface area contributed by atoms with Gasteiger partial charge < -0.3 is 21.1 Å². The van der Waals surface area contributed by atoms with Gasteiger partial charge in [-0.05, 0) is 12.1 Å². The fraction of sp³-hybridized carbons (Fsp3) is 0.333. The molecule has 1 aromatic carbocycles. The summed E-state index contributed by atoms with van der Waals surface area (Å²) in [5.41, 5.74) is 12.4. The van der Waals surface area contributed by atoms with Crippen molar-refractivity contribution in [3.8, 4) is 0 Å². The van der Waals surface area contributed by atoms with E-state index in [9.17, 15) is 0 Å². The molecule has 4 N–H and O–H groups in total. The van der Waals surface area contributed by atoms with Gasteiger partial charge in [-0.2, -0.15) is 4.99 Å². The van der Waals surface area contributed by atoms with Crippen molar-refractivity contribution >= 4 is 30.0 Å². The summed E-state index contributed by atoms with van der Waals surface area (Å²) in [6, 6.07) is 9.41. The van der Waals surface area contributed by atoms with Crippen LogP contribution in [-0.2, 0) is 4.74 Å². The summed E-state index contributed by atoms with van der Waals surface area (Å²) in [7, 11) is 0. The van der Waals surface area contributed by atoms with Crippen LogP contribution >= 0.6 is 12.4 Å². The number of para-hydroxylation sites is 1. The van der Waals surface area contributed by atoms with Gasteiger partial charge in [-0.1, -0.05) is 18.2 Å². The number of nitrogens with two attached hydrogens (primary N) is 2. The first-order chi connectivity index (χ1) is 8.75. The maximum Gasteiger partial charge on any atom is 0.223 e. The van der Waals surface area contributed by atoms with Crippen LogP contribution in [0.15, 0.2) is 40.3 Å². The highest BCUT2D eigenvalue weighted by Crippen LogP contribution is 2.09. The Morgan fingerprint density at radius 2 is 1.74 bits per heavy atom. The molecule has 0 spiro atoms. The smallest absolute Gasteiger partial charge is 0.223 e. The van der Waals surface area contributed by atoms with Crippen molar-refractivity contribution in [2.24, 2.45) is 21.5 Å². The molecule has 0 aromatic heterocycles. The quantitative estimate of drug-likeness (QED) is 0.586. The molecule has 6 nitrogen and oxygen atoms in total. The van der Waals surface area contributed by atoms with Gasteiger partial charge in [0.05, 0.1) is 18.9 Å².